The molecule has 1 heterocycles. The van der Waals surface area contributed by atoms with E-state index in [1.165, 1.54) is 19.1 Å². The second kappa shape index (κ2) is 7.63. The van der Waals surface area contributed by atoms with Crippen molar-refractivity contribution >= 4 is 44.5 Å². The molecule has 0 fully saturated rings. The predicted octanol–water partition coefficient (Wildman–Crippen LogP) is 3.17. The minimum atomic E-state index is -3.96. The number of benzene rings is 1. The topological polar surface area (TPSA) is 90.4 Å². The summed E-state index contributed by atoms with van der Waals surface area (Å²) in [5.74, 6) is -2.56. The van der Waals surface area contributed by atoms with Gasteiger partial charge in [0, 0.05) is 0 Å². The summed E-state index contributed by atoms with van der Waals surface area (Å²) in [6, 6.07) is 6.22. The van der Waals surface area contributed by atoms with Gasteiger partial charge in [0.15, 0.2) is 16.7 Å². The second-order valence-corrected chi connectivity index (χ2v) is 8.74. The average Bonchev–Trinajstić information content (AvgIpc) is 2.90. The van der Waals surface area contributed by atoms with Gasteiger partial charge in [-0.15, -0.1) is 11.3 Å². The molecule has 1 atom stereocenters. The third-order valence-electron chi connectivity index (χ3n) is 3.34. The number of carbonyl (C=O) groups excluding carboxylic acids is 2. The molecular weight excluding hydrogens is 386 g/mol. The van der Waals surface area contributed by atoms with E-state index in [-0.39, 0.29) is 25.9 Å². The highest BCUT2D eigenvalue weighted by atomic mass is 35.5. The predicted molar refractivity (Wildman–Crippen MR) is 93.8 cm³/mol. The van der Waals surface area contributed by atoms with Crippen LogP contribution in [0.5, 0.6) is 0 Å². The quantitative estimate of drug-likeness (QED) is 0.545. The van der Waals surface area contributed by atoms with Crippen molar-refractivity contribution in [1.29, 1.82) is 0 Å². The minimum Gasteiger partial charge on any atom is -0.465 e. The summed E-state index contributed by atoms with van der Waals surface area (Å²) in [5.41, 5.74) is 0.906. The van der Waals surface area contributed by atoms with Gasteiger partial charge in [-0.25, -0.2) is 13.4 Å². The molecule has 25 heavy (non-hydrogen) atoms. The van der Waals surface area contributed by atoms with E-state index in [1.807, 2.05) is 6.92 Å². The van der Waals surface area contributed by atoms with Gasteiger partial charge in [-0.3, -0.25) is 9.59 Å². The Morgan fingerprint density at radius 2 is 1.88 bits per heavy atom. The first kappa shape index (κ1) is 19.6. The van der Waals surface area contributed by atoms with Crippen molar-refractivity contribution in [2.24, 2.45) is 0 Å². The first-order valence-corrected chi connectivity index (χ1v) is 10.0. The number of hydrogen-bond acceptors (Lipinski definition) is 7. The molecule has 1 aromatic heterocycles. The molecule has 134 valence electrons. The van der Waals surface area contributed by atoms with Gasteiger partial charge >= 0.3 is 5.97 Å². The standard InChI is InChI=1S/C16H16ClNO5S2/c1-4-23-16(20)12(10(3)19)14-18-15(13(17)24-14)25(21,22)11-7-5-9(2)6-8-11/h5-8,12H,4H2,1-3H3/t12-/m0/s1. The van der Waals surface area contributed by atoms with Crippen molar-refractivity contribution in [3.05, 3.63) is 39.2 Å². The van der Waals surface area contributed by atoms with E-state index in [0.717, 1.165) is 16.9 Å². The Bertz CT molecular complexity index is 903. The van der Waals surface area contributed by atoms with Crippen LogP contribution in [0.1, 0.15) is 30.3 Å². The number of Topliss-reactive ketones (excluding diaryl/α,β-unsaturated/α-hetero) is 1. The van der Waals surface area contributed by atoms with Gasteiger partial charge in [0.05, 0.1) is 11.5 Å². The van der Waals surface area contributed by atoms with E-state index < -0.39 is 27.5 Å². The monoisotopic (exact) mass is 401 g/mol. The summed E-state index contributed by atoms with van der Waals surface area (Å²) >= 11 is 6.84. The zero-order valence-electron chi connectivity index (χ0n) is 13.8. The van der Waals surface area contributed by atoms with Gasteiger partial charge in [-0.05, 0) is 32.9 Å². The molecule has 0 aliphatic carbocycles. The minimum absolute atomic E-state index is 0.00152. The van der Waals surface area contributed by atoms with Crippen LogP contribution in [0.2, 0.25) is 4.34 Å². The summed E-state index contributed by atoms with van der Waals surface area (Å²) in [6.07, 6.45) is 0. The number of rotatable bonds is 6. The maximum atomic E-state index is 12.7. The van der Waals surface area contributed by atoms with Crippen molar-refractivity contribution in [3.8, 4) is 0 Å². The van der Waals surface area contributed by atoms with Gasteiger partial charge in [0.25, 0.3) is 0 Å². The molecule has 0 radical (unpaired) electrons. The Kier molecular flexibility index (Phi) is 5.97. The number of carbonyl (C=O) groups is 2. The Morgan fingerprint density at radius 3 is 2.40 bits per heavy atom. The highest BCUT2D eigenvalue weighted by molar-refractivity contribution is 7.91. The molecule has 0 unspecified atom stereocenters. The fourth-order valence-corrected chi connectivity index (χ4v) is 5.16. The third-order valence-corrected chi connectivity index (χ3v) is 6.59. The van der Waals surface area contributed by atoms with E-state index >= 15 is 0 Å². The van der Waals surface area contributed by atoms with Crippen molar-refractivity contribution in [2.45, 2.75) is 36.6 Å². The lowest BCUT2D eigenvalue weighted by molar-refractivity contribution is -0.147. The first-order valence-electron chi connectivity index (χ1n) is 7.33. The molecule has 0 aliphatic rings. The SMILES string of the molecule is CCOC(=O)[C@@H](C(C)=O)c1nc(S(=O)(=O)c2ccc(C)cc2)c(Cl)s1. The van der Waals surface area contributed by atoms with Crippen LogP contribution in [-0.2, 0) is 24.2 Å². The molecule has 0 aliphatic heterocycles. The van der Waals surface area contributed by atoms with Crippen molar-refractivity contribution in [3.63, 3.8) is 0 Å². The van der Waals surface area contributed by atoms with Gasteiger partial charge < -0.3 is 4.74 Å². The van der Waals surface area contributed by atoms with Gasteiger partial charge in [0.1, 0.15) is 9.34 Å². The number of aromatic nitrogens is 1. The highest BCUT2D eigenvalue weighted by Crippen LogP contribution is 2.35. The lowest BCUT2D eigenvalue weighted by Crippen LogP contribution is -2.22. The molecule has 0 bridgehead atoms. The molecule has 0 saturated carbocycles. The zero-order valence-corrected chi connectivity index (χ0v) is 16.2. The number of esters is 1. The largest absolute Gasteiger partial charge is 0.465 e. The number of halogens is 1. The van der Waals surface area contributed by atoms with E-state index in [2.05, 4.69) is 4.98 Å². The molecule has 6 nitrogen and oxygen atoms in total. The zero-order chi connectivity index (χ0) is 18.8. The number of sulfone groups is 1. The number of aryl methyl sites for hydroxylation is 1. The maximum Gasteiger partial charge on any atom is 0.323 e. The summed E-state index contributed by atoms with van der Waals surface area (Å²) < 4.78 is 30.2. The van der Waals surface area contributed by atoms with E-state index in [1.54, 1.807) is 19.1 Å². The van der Waals surface area contributed by atoms with Crippen molar-refractivity contribution in [1.82, 2.24) is 4.98 Å². The molecule has 0 saturated heterocycles. The average molecular weight is 402 g/mol. The summed E-state index contributed by atoms with van der Waals surface area (Å²) in [4.78, 5) is 27.8. The summed E-state index contributed by atoms with van der Waals surface area (Å²) in [5, 5.41) is -0.366. The van der Waals surface area contributed by atoms with Crippen LogP contribution in [0.3, 0.4) is 0 Å². The molecule has 1 aromatic carbocycles. The normalized spacial score (nSPS) is 12.6. The molecule has 0 N–H and O–H groups in total. The molecule has 0 amide bonds. The Hall–Kier alpha value is -1.77. The smallest absolute Gasteiger partial charge is 0.323 e. The Morgan fingerprint density at radius 1 is 1.28 bits per heavy atom. The van der Waals surface area contributed by atoms with Crippen LogP contribution in [0, 0.1) is 6.92 Å². The first-order chi connectivity index (χ1) is 11.7. The van der Waals surface area contributed by atoms with E-state index in [0.29, 0.717) is 0 Å². The van der Waals surface area contributed by atoms with E-state index in [4.69, 9.17) is 16.3 Å². The van der Waals surface area contributed by atoms with Crippen molar-refractivity contribution < 1.29 is 22.7 Å². The third kappa shape index (κ3) is 4.08. The van der Waals surface area contributed by atoms with Crippen molar-refractivity contribution in [2.75, 3.05) is 6.61 Å². The number of hydrogen-bond donors (Lipinski definition) is 0. The van der Waals surface area contributed by atoms with E-state index in [9.17, 15) is 18.0 Å². The maximum absolute atomic E-state index is 12.7. The van der Waals surface area contributed by atoms with Gasteiger partial charge in [-0.2, -0.15) is 0 Å². The summed E-state index contributed by atoms with van der Waals surface area (Å²) in [6.45, 7) is 4.75. The number of ketones is 1. The van der Waals surface area contributed by atoms with Gasteiger partial charge in [0.2, 0.25) is 9.84 Å². The van der Waals surface area contributed by atoms with Crippen LogP contribution in [0.25, 0.3) is 0 Å². The van der Waals surface area contributed by atoms with Crippen LogP contribution in [-0.4, -0.2) is 31.8 Å². The number of nitrogens with zero attached hydrogens (tertiary/aromatic N) is 1. The Labute approximate surface area is 154 Å². The lowest BCUT2D eigenvalue weighted by Gasteiger charge is -2.09. The van der Waals surface area contributed by atoms with Crippen LogP contribution in [0.15, 0.2) is 34.2 Å². The van der Waals surface area contributed by atoms with Gasteiger partial charge in [-0.1, -0.05) is 29.3 Å². The number of ether oxygens (including phenoxy) is 1. The number of thiazole rings is 1. The highest BCUT2D eigenvalue weighted by Gasteiger charge is 2.34. The molecule has 2 rings (SSSR count). The fourth-order valence-electron chi connectivity index (χ4n) is 2.09. The lowest BCUT2D eigenvalue weighted by atomic mass is 10.1. The fraction of sp³-hybridized carbons (Fsp3) is 0.312. The molecule has 0 spiro atoms. The van der Waals surface area contributed by atoms with Crippen LogP contribution >= 0.6 is 22.9 Å². The second-order valence-electron chi connectivity index (χ2n) is 5.24. The van der Waals surface area contributed by atoms with Crippen LogP contribution < -0.4 is 0 Å². The molecular formula is C16H16ClNO5S2. The molecule has 2 aromatic rings. The Balaban J connectivity index is 2.50. The molecule has 9 heteroatoms. The van der Waals surface area contributed by atoms with Crippen LogP contribution in [0.4, 0.5) is 0 Å². The summed E-state index contributed by atoms with van der Waals surface area (Å²) in [7, 11) is -3.96.